The molecule has 136 valence electrons. The molecule has 0 saturated carbocycles. The van der Waals surface area contributed by atoms with E-state index in [1.54, 1.807) is 24.8 Å². The molecule has 1 aromatic carbocycles. The lowest BCUT2D eigenvalue weighted by atomic mass is 10.0. The Morgan fingerprint density at radius 2 is 1.93 bits per heavy atom. The van der Waals surface area contributed by atoms with E-state index in [9.17, 15) is 4.79 Å². The van der Waals surface area contributed by atoms with Crippen LogP contribution < -0.4 is 10.2 Å². The molecule has 3 aromatic rings. The maximum absolute atomic E-state index is 12.4. The largest absolute Gasteiger partial charge is 0.370 e. The molecule has 1 amide bonds. The number of hydrogen-bond donors (Lipinski definition) is 1. The van der Waals surface area contributed by atoms with Crippen molar-refractivity contribution >= 4 is 11.6 Å². The Morgan fingerprint density at radius 1 is 1.07 bits per heavy atom. The molecule has 0 aliphatic carbocycles. The van der Waals surface area contributed by atoms with Gasteiger partial charge in [-0.1, -0.05) is 18.2 Å². The van der Waals surface area contributed by atoms with Gasteiger partial charge in [-0.25, -0.2) is 9.97 Å². The van der Waals surface area contributed by atoms with Crippen LogP contribution in [0.3, 0.4) is 0 Å². The molecule has 2 aromatic heterocycles. The van der Waals surface area contributed by atoms with Crippen molar-refractivity contribution < 1.29 is 4.79 Å². The summed E-state index contributed by atoms with van der Waals surface area (Å²) in [4.78, 5) is 27.3. The fourth-order valence-corrected chi connectivity index (χ4v) is 3.34. The fraction of sp³-hybridized carbons (Fsp3) is 0.238. The van der Waals surface area contributed by atoms with Crippen molar-refractivity contribution in [1.29, 1.82) is 0 Å². The first-order valence-electron chi connectivity index (χ1n) is 9.15. The van der Waals surface area contributed by atoms with Crippen molar-refractivity contribution in [3.05, 3.63) is 72.3 Å². The number of nitrogens with zero attached hydrogens (tertiary/aromatic N) is 4. The van der Waals surface area contributed by atoms with Gasteiger partial charge in [0.2, 0.25) is 0 Å². The zero-order valence-electron chi connectivity index (χ0n) is 15.0. The first-order valence-corrected chi connectivity index (χ1v) is 9.15. The molecule has 0 radical (unpaired) electrons. The molecule has 1 N–H and O–H groups in total. The molecule has 6 heteroatoms. The van der Waals surface area contributed by atoms with Gasteiger partial charge in [0.1, 0.15) is 0 Å². The van der Waals surface area contributed by atoms with Gasteiger partial charge in [-0.2, -0.15) is 0 Å². The minimum atomic E-state index is -0.155. The first kappa shape index (κ1) is 17.1. The quantitative estimate of drug-likeness (QED) is 0.758. The van der Waals surface area contributed by atoms with Crippen LogP contribution in [0, 0.1) is 0 Å². The number of hydrogen-bond acceptors (Lipinski definition) is 5. The van der Waals surface area contributed by atoms with Crippen LogP contribution in [0.2, 0.25) is 0 Å². The van der Waals surface area contributed by atoms with Gasteiger partial charge >= 0.3 is 0 Å². The Hall–Kier alpha value is -3.28. The molecule has 0 bridgehead atoms. The smallest absolute Gasteiger partial charge is 0.254 e. The lowest BCUT2D eigenvalue weighted by Gasteiger charge is -2.31. The highest BCUT2D eigenvalue weighted by molar-refractivity contribution is 5.93. The molecule has 0 spiro atoms. The molecule has 0 saturated heterocycles. The van der Waals surface area contributed by atoms with Crippen molar-refractivity contribution in [3.63, 3.8) is 0 Å². The SMILES string of the molecule is O=C(NCCN1CCCc2ccccc21)c1cnc(-c2cccnc2)nc1. The van der Waals surface area contributed by atoms with Crippen LogP contribution in [0.15, 0.2) is 61.2 Å². The van der Waals surface area contributed by atoms with Crippen LogP contribution in [0.4, 0.5) is 5.69 Å². The minimum Gasteiger partial charge on any atom is -0.370 e. The molecule has 27 heavy (non-hydrogen) atoms. The predicted octanol–water partition coefficient (Wildman–Crippen LogP) is 2.72. The number of anilines is 1. The Labute approximate surface area is 158 Å². The van der Waals surface area contributed by atoms with E-state index in [-0.39, 0.29) is 5.91 Å². The van der Waals surface area contributed by atoms with Gasteiger partial charge < -0.3 is 10.2 Å². The van der Waals surface area contributed by atoms with E-state index >= 15 is 0 Å². The zero-order chi connectivity index (χ0) is 18.5. The number of fused-ring (bicyclic) bond motifs is 1. The number of carbonyl (C=O) groups excluding carboxylic acids is 1. The second kappa shape index (κ2) is 7.95. The van der Waals surface area contributed by atoms with E-state index < -0.39 is 0 Å². The van der Waals surface area contributed by atoms with E-state index in [1.165, 1.54) is 11.3 Å². The minimum absolute atomic E-state index is 0.155. The standard InChI is InChI=1S/C21H21N5O/c27-21(18-14-24-20(25-15-18)17-6-3-9-22-13-17)23-10-12-26-11-4-7-16-5-1-2-8-19(16)26/h1-3,5-6,8-9,13-15H,4,7,10-12H2,(H,23,27). The van der Waals surface area contributed by atoms with Gasteiger partial charge in [0.25, 0.3) is 5.91 Å². The van der Waals surface area contributed by atoms with Crippen molar-refractivity contribution in [2.75, 3.05) is 24.5 Å². The molecule has 1 aliphatic rings. The highest BCUT2D eigenvalue weighted by Gasteiger charge is 2.16. The average molecular weight is 359 g/mol. The maximum atomic E-state index is 12.4. The number of carbonyl (C=O) groups is 1. The third-order valence-electron chi connectivity index (χ3n) is 4.71. The van der Waals surface area contributed by atoms with Crippen molar-refractivity contribution in [2.24, 2.45) is 0 Å². The van der Waals surface area contributed by atoms with Crippen LogP contribution in [-0.4, -0.2) is 40.5 Å². The van der Waals surface area contributed by atoms with Gasteiger partial charge in [0.05, 0.1) is 5.56 Å². The molecule has 4 rings (SSSR count). The summed E-state index contributed by atoms with van der Waals surface area (Å²) in [6.45, 7) is 2.39. The summed E-state index contributed by atoms with van der Waals surface area (Å²) < 4.78 is 0. The van der Waals surface area contributed by atoms with E-state index in [4.69, 9.17) is 0 Å². The Kier molecular flexibility index (Phi) is 5.05. The Morgan fingerprint density at radius 3 is 2.74 bits per heavy atom. The lowest BCUT2D eigenvalue weighted by molar-refractivity contribution is 0.0954. The predicted molar refractivity (Wildman–Crippen MR) is 105 cm³/mol. The van der Waals surface area contributed by atoms with Crippen molar-refractivity contribution in [3.8, 4) is 11.4 Å². The van der Waals surface area contributed by atoms with Gasteiger partial charge in [0, 0.05) is 55.7 Å². The average Bonchev–Trinajstić information content (AvgIpc) is 2.74. The number of rotatable bonds is 5. The molecular formula is C21H21N5O. The van der Waals surface area contributed by atoms with Crippen LogP contribution >= 0.6 is 0 Å². The van der Waals surface area contributed by atoms with Crippen LogP contribution in [0.5, 0.6) is 0 Å². The van der Waals surface area contributed by atoms with Crippen molar-refractivity contribution in [2.45, 2.75) is 12.8 Å². The van der Waals surface area contributed by atoms with E-state index in [2.05, 4.69) is 49.4 Å². The lowest BCUT2D eigenvalue weighted by Crippen LogP contribution is -2.37. The van der Waals surface area contributed by atoms with Gasteiger partial charge in [-0.05, 0) is 36.6 Å². The normalized spacial score (nSPS) is 13.1. The van der Waals surface area contributed by atoms with Crippen molar-refractivity contribution in [1.82, 2.24) is 20.3 Å². The summed E-state index contributed by atoms with van der Waals surface area (Å²) in [5, 5.41) is 2.96. The summed E-state index contributed by atoms with van der Waals surface area (Å²) >= 11 is 0. The van der Waals surface area contributed by atoms with E-state index in [1.807, 2.05) is 12.1 Å². The van der Waals surface area contributed by atoms with Gasteiger partial charge in [-0.15, -0.1) is 0 Å². The fourth-order valence-electron chi connectivity index (χ4n) is 3.34. The number of pyridine rings is 1. The highest BCUT2D eigenvalue weighted by Crippen LogP contribution is 2.26. The molecular weight excluding hydrogens is 338 g/mol. The van der Waals surface area contributed by atoms with Gasteiger partial charge in [0.15, 0.2) is 5.82 Å². The summed E-state index contributed by atoms with van der Waals surface area (Å²) in [6.07, 6.45) is 8.79. The summed E-state index contributed by atoms with van der Waals surface area (Å²) in [5.41, 5.74) is 3.95. The summed E-state index contributed by atoms with van der Waals surface area (Å²) in [6, 6.07) is 12.2. The van der Waals surface area contributed by atoms with Crippen LogP contribution in [0.25, 0.3) is 11.4 Å². The molecule has 1 aliphatic heterocycles. The second-order valence-electron chi connectivity index (χ2n) is 6.51. The Balaban J connectivity index is 1.34. The number of amides is 1. The number of para-hydroxylation sites is 1. The topological polar surface area (TPSA) is 71.0 Å². The monoisotopic (exact) mass is 359 g/mol. The first-order chi connectivity index (χ1) is 13.3. The van der Waals surface area contributed by atoms with E-state index in [0.717, 1.165) is 31.5 Å². The number of aromatic nitrogens is 3. The highest BCUT2D eigenvalue weighted by atomic mass is 16.1. The number of benzene rings is 1. The summed E-state index contributed by atoms with van der Waals surface area (Å²) in [5.74, 6) is 0.405. The molecule has 6 nitrogen and oxygen atoms in total. The third kappa shape index (κ3) is 3.95. The van der Waals surface area contributed by atoms with E-state index in [0.29, 0.717) is 17.9 Å². The molecule has 0 atom stereocenters. The Bertz CT molecular complexity index is 911. The van der Waals surface area contributed by atoms with Crippen LogP contribution in [0.1, 0.15) is 22.3 Å². The molecule has 0 fully saturated rings. The summed E-state index contributed by atoms with van der Waals surface area (Å²) in [7, 11) is 0. The van der Waals surface area contributed by atoms with Crippen LogP contribution in [-0.2, 0) is 6.42 Å². The molecule has 3 heterocycles. The second-order valence-corrected chi connectivity index (χ2v) is 6.51. The maximum Gasteiger partial charge on any atom is 0.254 e. The zero-order valence-corrected chi connectivity index (χ0v) is 15.0. The molecule has 0 unspecified atom stereocenters. The number of aryl methyl sites for hydroxylation is 1. The third-order valence-corrected chi connectivity index (χ3v) is 4.71. The number of nitrogens with one attached hydrogen (secondary N) is 1. The van der Waals surface area contributed by atoms with Gasteiger partial charge in [-0.3, -0.25) is 9.78 Å².